The Morgan fingerprint density at radius 1 is 1.08 bits per heavy atom. The predicted octanol–water partition coefficient (Wildman–Crippen LogP) is 4.92. The molecule has 0 bridgehead atoms. The molecule has 1 saturated heterocycles. The molecule has 1 aliphatic heterocycles. The molecular weight excluding hydrogens is 546 g/mol. The maximum absolute atomic E-state index is 13.2. The van der Waals surface area contributed by atoms with E-state index in [1.807, 2.05) is 31.2 Å². The van der Waals surface area contributed by atoms with Gasteiger partial charge in [-0.1, -0.05) is 35.9 Å². The summed E-state index contributed by atoms with van der Waals surface area (Å²) in [6.45, 7) is 2.28. The number of rotatable bonds is 7. The van der Waals surface area contributed by atoms with E-state index in [-0.39, 0.29) is 23.6 Å². The minimum absolute atomic E-state index is 0.0475. The van der Waals surface area contributed by atoms with Gasteiger partial charge < -0.3 is 9.47 Å². The van der Waals surface area contributed by atoms with E-state index < -0.39 is 22.8 Å². The largest absolute Gasteiger partial charge is 0.493 e. The van der Waals surface area contributed by atoms with Crippen molar-refractivity contribution in [2.24, 2.45) is 0 Å². The number of amides is 4. The number of anilines is 1. The van der Waals surface area contributed by atoms with Gasteiger partial charge in [0.2, 0.25) is 0 Å². The van der Waals surface area contributed by atoms with Crippen LogP contribution in [0.3, 0.4) is 0 Å². The summed E-state index contributed by atoms with van der Waals surface area (Å²) in [5.74, 6) is -1.04. The van der Waals surface area contributed by atoms with Gasteiger partial charge >= 0.3 is 6.03 Å². The monoisotopic (exact) mass is 565 g/mol. The molecular formula is C26H20BrN3O7. The van der Waals surface area contributed by atoms with E-state index in [2.05, 4.69) is 21.2 Å². The number of carbonyl (C=O) groups is 3. The van der Waals surface area contributed by atoms with Gasteiger partial charge in [0.1, 0.15) is 12.2 Å². The average molecular weight is 566 g/mol. The summed E-state index contributed by atoms with van der Waals surface area (Å²) in [4.78, 5) is 49.3. The van der Waals surface area contributed by atoms with E-state index in [0.29, 0.717) is 26.4 Å². The molecule has 4 amide bonds. The van der Waals surface area contributed by atoms with Crippen molar-refractivity contribution in [3.63, 3.8) is 0 Å². The molecule has 0 saturated carbocycles. The van der Waals surface area contributed by atoms with Crippen molar-refractivity contribution in [2.45, 2.75) is 13.5 Å². The second-order valence-electron chi connectivity index (χ2n) is 8.04. The van der Waals surface area contributed by atoms with E-state index in [0.717, 1.165) is 17.2 Å². The Balaban J connectivity index is 1.64. The molecule has 1 heterocycles. The molecule has 10 nitrogen and oxygen atoms in total. The molecule has 1 aliphatic rings. The van der Waals surface area contributed by atoms with Crippen LogP contribution in [0.25, 0.3) is 6.08 Å². The number of benzene rings is 3. The first-order valence-electron chi connectivity index (χ1n) is 10.9. The predicted molar refractivity (Wildman–Crippen MR) is 138 cm³/mol. The lowest BCUT2D eigenvalue weighted by atomic mass is 10.1. The minimum Gasteiger partial charge on any atom is -0.493 e. The van der Waals surface area contributed by atoms with Crippen molar-refractivity contribution in [1.29, 1.82) is 0 Å². The summed E-state index contributed by atoms with van der Waals surface area (Å²) in [6.07, 6.45) is 1.30. The molecule has 188 valence electrons. The molecule has 0 atom stereocenters. The van der Waals surface area contributed by atoms with Crippen LogP contribution in [0.5, 0.6) is 11.5 Å². The number of methoxy groups -OCH3 is 1. The quantitative estimate of drug-likeness (QED) is 0.186. The molecule has 11 heteroatoms. The van der Waals surface area contributed by atoms with Gasteiger partial charge in [-0.3, -0.25) is 25.0 Å². The lowest BCUT2D eigenvalue weighted by molar-refractivity contribution is -0.384. The number of urea groups is 1. The molecule has 0 aromatic heterocycles. The summed E-state index contributed by atoms with van der Waals surface area (Å²) in [7, 11) is 1.46. The Hall–Kier alpha value is -4.51. The zero-order valence-corrected chi connectivity index (χ0v) is 21.3. The number of non-ortho nitro benzene ring substituents is 1. The molecule has 1 N–H and O–H groups in total. The first-order chi connectivity index (χ1) is 17.7. The Bertz CT molecular complexity index is 1450. The first-order valence-corrected chi connectivity index (χ1v) is 11.7. The minimum atomic E-state index is -1.01. The summed E-state index contributed by atoms with van der Waals surface area (Å²) >= 11 is 3.45. The highest BCUT2D eigenvalue weighted by Crippen LogP contribution is 2.38. The van der Waals surface area contributed by atoms with Crippen LogP contribution in [0.2, 0.25) is 0 Å². The fourth-order valence-electron chi connectivity index (χ4n) is 3.61. The fourth-order valence-corrected chi connectivity index (χ4v) is 4.18. The zero-order chi connectivity index (χ0) is 26.7. The Kier molecular flexibility index (Phi) is 7.35. The van der Waals surface area contributed by atoms with Crippen molar-refractivity contribution in [3.8, 4) is 11.5 Å². The molecule has 0 spiro atoms. The number of imide groups is 2. The third-order valence-electron chi connectivity index (χ3n) is 5.47. The summed E-state index contributed by atoms with van der Waals surface area (Å²) < 4.78 is 11.9. The second kappa shape index (κ2) is 10.6. The number of halogens is 1. The van der Waals surface area contributed by atoms with Crippen LogP contribution in [0.4, 0.5) is 16.2 Å². The number of nitro benzene ring substituents is 1. The number of nitro groups is 1. The normalized spacial score (nSPS) is 14.5. The van der Waals surface area contributed by atoms with E-state index in [1.165, 1.54) is 31.4 Å². The van der Waals surface area contributed by atoms with Crippen LogP contribution >= 0.6 is 15.9 Å². The van der Waals surface area contributed by atoms with Crippen LogP contribution in [0.1, 0.15) is 16.7 Å². The van der Waals surface area contributed by atoms with Gasteiger partial charge in [0.05, 0.1) is 22.2 Å². The van der Waals surface area contributed by atoms with Crippen molar-refractivity contribution in [1.82, 2.24) is 5.32 Å². The maximum atomic E-state index is 13.2. The lowest BCUT2D eigenvalue weighted by Gasteiger charge is -2.26. The number of ether oxygens (including phenoxy) is 2. The molecule has 0 unspecified atom stereocenters. The van der Waals surface area contributed by atoms with Gasteiger partial charge in [-0.2, -0.15) is 0 Å². The zero-order valence-electron chi connectivity index (χ0n) is 19.7. The van der Waals surface area contributed by atoms with Crippen molar-refractivity contribution in [3.05, 3.63) is 97.5 Å². The number of carbonyl (C=O) groups excluding carboxylic acids is 3. The van der Waals surface area contributed by atoms with Crippen LogP contribution in [-0.2, 0) is 16.2 Å². The van der Waals surface area contributed by atoms with E-state index in [9.17, 15) is 24.5 Å². The van der Waals surface area contributed by atoms with Crippen LogP contribution in [0.15, 0.2) is 70.7 Å². The van der Waals surface area contributed by atoms with Gasteiger partial charge in [0.25, 0.3) is 17.5 Å². The number of barbiturate groups is 1. The van der Waals surface area contributed by atoms with Gasteiger partial charge in [0.15, 0.2) is 11.5 Å². The van der Waals surface area contributed by atoms with Crippen molar-refractivity contribution in [2.75, 3.05) is 12.0 Å². The summed E-state index contributed by atoms with van der Waals surface area (Å²) in [5, 5.41) is 13.2. The summed E-state index contributed by atoms with van der Waals surface area (Å²) in [6, 6.07) is 15.1. The van der Waals surface area contributed by atoms with Crippen molar-refractivity contribution < 1.29 is 28.8 Å². The molecule has 1 fully saturated rings. The Labute approximate surface area is 219 Å². The van der Waals surface area contributed by atoms with Gasteiger partial charge in [-0.25, -0.2) is 9.69 Å². The highest BCUT2D eigenvalue weighted by molar-refractivity contribution is 9.10. The van der Waals surface area contributed by atoms with Gasteiger partial charge in [0, 0.05) is 12.1 Å². The third kappa shape index (κ3) is 5.51. The maximum Gasteiger partial charge on any atom is 0.335 e. The van der Waals surface area contributed by atoms with Crippen LogP contribution < -0.4 is 19.7 Å². The van der Waals surface area contributed by atoms with Gasteiger partial charge in [-0.15, -0.1) is 0 Å². The highest BCUT2D eigenvalue weighted by Gasteiger charge is 2.37. The Morgan fingerprint density at radius 2 is 1.81 bits per heavy atom. The lowest BCUT2D eigenvalue weighted by Crippen LogP contribution is -2.54. The van der Waals surface area contributed by atoms with Gasteiger partial charge in [-0.05, 0) is 58.3 Å². The fraction of sp³-hybridized carbons (Fsp3) is 0.115. The Morgan fingerprint density at radius 3 is 2.49 bits per heavy atom. The van der Waals surface area contributed by atoms with Crippen LogP contribution in [0, 0.1) is 17.0 Å². The second-order valence-corrected chi connectivity index (χ2v) is 8.90. The molecule has 3 aromatic carbocycles. The van der Waals surface area contributed by atoms with Crippen molar-refractivity contribution >= 4 is 51.2 Å². The molecule has 3 aromatic rings. The number of nitrogens with one attached hydrogen (secondary N) is 1. The number of nitrogens with zero attached hydrogens (tertiary/aromatic N) is 2. The third-order valence-corrected chi connectivity index (χ3v) is 6.06. The summed E-state index contributed by atoms with van der Waals surface area (Å²) in [5.41, 5.74) is 1.81. The topological polar surface area (TPSA) is 128 Å². The standard InChI is InChI=1S/C26H20BrN3O7/c1-15-6-8-16(9-7-15)14-37-23-21(27)11-17(12-22(23)36-2)10-20-24(31)28-26(33)29(25(20)32)18-4-3-5-19(13-18)30(34)35/h3-13H,14H2,1-2H3,(H,28,31,33)/b20-10+. The number of aryl methyl sites for hydroxylation is 1. The first kappa shape index (κ1) is 25.6. The molecule has 4 rings (SSSR count). The number of hydrogen-bond acceptors (Lipinski definition) is 7. The average Bonchev–Trinajstić information content (AvgIpc) is 2.86. The molecule has 37 heavy (non-hydrogen) atoms. The highest BCUT2D eigenvalue weighted by atomic mass is 79.9. The van der Waals surface area contributed by atoms with E-state index in [4.69, 9.17) is 9.47 Å². The number of hydrogen-bond donors (Lipinski definition) is 1. The van der Waals surface area contributed by atoms with Crippen LogP contribution in [-0.4, -0.2) is 29.9 Å². The van der Waals surface area contributed by atoms with E-state index >= 15 is 0 Å². The molecule has 0 radical (unpaired) electrons. The SMILES string of the molecule is COc1cc(/C=C2\C(=O)NC(=O)N(c3cccc([N+](=O)[O-])c3)C2=O)cc(Br)c1OCc1ccc(C)cc1. The smallest absolute Gasteiger partial charge is 0.335 e. The van der Waals surface area contributed by atoms with E-state index in [1.54, 1.807) is 12.1 Å². The molecule has 0 aliphatic carbocycles.